The van der Waals surface area contributed by atoms with Crippen LogP contribution < -0.4 is 10.1 Å². The third-order valence-electron chi connectivity index (χ3n) is 3.78. The molecule has 0 aliphatic heterocycles. The third kappa shape index (κ3) is 3.83. The first-order valence-electron chi connectivity index (χ1n) is 7.86. The van der Waals surface area contributed by atoms with Crippen LogP contribution in [0.5, 0.6) is 5.75 Å². The molecule has 4 nitrogen and oxygen atoms in total. The lowest BCUT2D eigenvalue weighted by molar-refractivity contribution is -0.114. The number of benzene rings is 3. The molecule has 0 saturated heterocycles. The van der Waals surface area contributed by atoms with E-state index in [4.69, 9.17) is 16.3 Å². The number of halogens is 2. The number of Topliss-reactive ketones (excluding diaryl/α,β-unsaturated/α-hetero) is 1. The SMILES string of the molecule is CC(=O)Nc1ccc(C(=O)COc2ccc(Cl)c3ccccc23)c(F)c1. The Morgan fingerprint density at radius 1 is 1.08 bits per heavy atom. The first-order chi connectivity index (χ1) is 12.5. The molecule has 0 fully saturated rings. The lowest BCUT2D eigenvalue weighted by Crippen LogP contribution is -2.14. The van der Waals surface area contributed by atoms with Crippen molar-refractivity contribution in [1.82, 2.24) is 0 Å². The van der Waals surface area contributed by atoms with E-state index in [0.717, 1.165) is 16.8 Å². The van der Waals surface area contributed by atoms with Gasteiger partial charge in [-0.05, 0) is 30.3 Å². The minimum absolute atomic E-state index is 0.0997. The Morgan fingerprint density at radius 3 is 2.50 bits per heavy atom. The fourth-order valence-corrected chi connectivity index (χ4v) is 2.83. The number of hydrogen-bond donors (Lipinski definition) is 1. The van der Waals surface area contributed by atoms with E-state index in [1.165, 1.54) is 19.1 Å². The molecule has 132 valence electrons. The number of fused-ring (bicyclic) bond motifs is 1. The van der Waals surface area contributed by atoms with Gasteiger partial charge in [0.1, 0.15) is 11.6 Å². The first kappa shape index (κ1) is 17.9. The molecule has 0 aliphatic rings. The Kier molecular flexibility index (Phi) is 5.19. The summed E-state index contributed by atoms with van der Waals surface area (Å²) in [5.74, 6) is -1.04. The lowest BCUT2D eigenvalue weighted by Gasteiger charge is -2.11. The summed E-state index contributed by atoms with van der Waals surface area (Å²) in [4.78, 5) is 23.3. The van der Waals surface area contributed by atoms with Crippen LogP contribution >= 0.6 is 11.6 Å². The number of ether oxygens (including phenoxy) is 1. The first-order valence-corrected chi connectivity index (χ1v) is 8.24. The van der Waals surface area contributed by atoms with Gasteiger partial charge in [-0.1, -0.05) is 35.9 Å². The highest BCUT2D eigenvalue weighted by atomic mass is 35.5. The van der Waals surface area contributed by atoms with Gasteiger partial charge in [0.2, 0.25) is 11.7 Å². The normalized spacial score (nSPS) is 10.6. The van der Waals surface area contributed by atoms with Crippen molar-refractivity contribution in [3.05, 3.63) is 71.0 Å². The fourth-order valence-electron chi connectivity index (χ4n) is 2.60. The van der Waals surface area contributed by atoms with Crippen LogP contribution in [0.1, 0.15) is 17.3 Å². The van der Waals surface area contributed by atoms with Gasteiger partial charge < -0.3 is 10.1 Å². The molecule has 0 bridgehead atoms. The number of ketones is 1. The standard InChI is InChI=1S/C20H15ClFNO3/c1-12(24)23-13-6-7-16(18(22)10-13)19(25)11-26-20-9-8-17(21)14-4-2-3-5-15(14)20/h2-10H,11H2,1H3,(H,23,24). The zero-order valence-electron chi connectivity index (χ0n) is 13.9. The van der Waals surface area contributed by atoms with Crippen LogP contribution in [0, 0.1) is 5.82 Å². The van der Waals surface area contributed by atoms with Crippen molar-refractivity contribution >= 4 is 39.8 Å². The highest BCUT2D eigenvalue weighted by Crippen LogP contribution is 2.31. The average Bonchev–Trinajstić information content (AvgIpc) is 2.61. The maximum atomic E-state index is 14.1. The van der Waals surface area contributed by atoms with E-state index in [9.17, 15) is 14.0 Å². The molecule has 1 N–H and O–H groups in total. The summed E-state index contributed by atoms with van der Waals surface area (Å²) in [5, 5.41) is 4.63. The molecule has 0 aliphatic carbocycles. The topological polar surface area (TPSA) is 55.4 Å². The van der Waals surface area contributed by atoms with Crippen LogP contribution in [0.3, 0.4) is 0 Å². The van der Waals surface area contributed by atoms with E-state index in [1.54, 1.807) is 12.1 Å². The molecule has 3 aromatic rings. The summed E-state index contributed by atoms with van der Waals surface area (Å²) in [7, 11) is 0. The summed E-state index contributed by atoms with van der Waals surface area (Å²) in [6, 6.07) is 14.6. The van der Waals surface area contributed by atoms with E-state index in [-0.39, 0.29) is 23.8 Å². The zero-order chi connectivity index (χ0) is 18.7. The highest BCUT2D eigenvalue weighted by Gasteiger charge is 2.14. The van der Waals surface area contributed by atoms with E-state index in [0.29, 0.717) is 10.8 Å². The maximum Gasteiger partial charge on any atom is 0.221 e. The van der Waals surface area contributed by atoms with Gasteiger partial charge in [0.15, 0.2) is 6.61 Å². The number of nitrogens with one attached hydrogen (secondary N) is 1. The van der Waals surface area contributed by atoms with E-state index >= 15 is 0 Å². The van der Waals surface area contributed by atoms with Crippen LogP contribution in [-0.2, 0) is 4.79 Å². The largest absolute Gasteiger partial charge is 0.485 e. The van der Waals surface area contributed by atoms with Gasteiger partial charge in [0.05, 0.1) is 5.56 Å². The number of anilines is 1. The Labute approximate surface area is 154 Å². The second-order valence-corrected chi connectivity index (χ2v) is 6.09. The summed E-state index contributed by atoms with van der Waals surface area (Å²) >= 11 is 6.16. The number of carbonyl (C=O) groups excluding carboxylic acids is 2. The van der Waals surface area contributed by atoms with E-state index < -0.39 is 11.6 Å². The molecule has 26 heavy (non-hydrogen) atoms. The molecular weight excluding hydrogens is 357 g/mol. The Balaban J connectivity index is 1.77. The minimum atomic E-state index is -0.717. The Hall–Kier alpha value is -2.92. The van der Waals surface area contributed by atoms with Gasteiger partial charge in [-0.2, -0.15) is 0 Å². The Morgan fingerprint density at radius 2 is 1.81 bits per heavy atom. The van der Waals surface area contributed by atoms with Crippen LogP contribution in [0.2, 0.25) is 5.02 Å². The molecule has 3 rings (SSSR count). The summed E-state index contributed by atoms with van der Waals surface area (Å²) in [5.41, 5.74) is 0.188. The summed E-state index contributed by atoms with van der Waals surface area (Å²) < 4.78 is 19.7. The van der Waals surface area contributed by atoms with Crippen LogP contribution in [0.4, 0.5) is 10.1 Å². The van der Waals surface area contributed by atoms with Crippen molar-refractivity contribution in [3.63, 3.8) is 0 Å². The van der Waals surface area contributed by atoms with Crippen molar-refractivity contribution in [2.75, 3.05) is 11.9 Å². The van der Waals surface area contributed by atoms with Gasteiger partial charge in [-0.25, -0.2) is 4.39 Å². The third-order valence-corrected chi connectivity index (χ3v) is 4.11. The van der Waals surface area contributed by atoms with E-state index in [2.05, 4.69) is 5.32 Å². The van der Waals surface area contributed by atoms with Crippen molar-refractivity contribution in [3.8, 4) is 5.75 Å². The lowest BCUT2D eigenvalue weighted by atomic mass is 10.1. The molecular formula is C20H15ClFNO3. The monoisotopic (exact) mass is 371 g/mol. The van der Waals surface area contributed by atoms with E-state index in [1.807, 2.05) is 24.3 Å². The number of amides is 1. The second kappa shape index (κ2) is 7.54. The summed E-state index contributed by atoms with van der Waals surface area (Å²) in [6.45, 7) is 1.00. The zero-order valence-corrected chi connectivity index (χ0v) is 14.6. The fraction of sp³-hybridized carbons (Fsp3) is 0.100. The average molecular weight is 372 g/mol. The Bertz CT molecular complexity index is 1000. The molecule has 0 heterocycles. The van der Waals surface area contributed by atoms with Gasteiger partial charge >= 0.3 is 0 Å². The molecule has 0 aromatic heterocycles. The predicted molar refractivity (Wildman–Crippen MR) is 99.5 cm³/mol. The predicted octanol–water partition coefficient (Wildman–Crippen LogP) is 4.85. The molecule has 3 aromatic carbocycles. The van der Waals surface area contributed by atoms with Crippen molar-refractivity contribution in [2.24, 2.45) is 0 Å². The van der Waals surface area contributed by atoms with Crippen molar-refractivity contribution in [2.45, 2.75) is 6.92 Å². The number of carbonyl (C=O) groups is 2. The number of rotatable bonds is 5. The molecule has 6 heteroatoms. The van der Waals surface area contributed by atoms with Gasteiger partial charge in [-0.15, -0.1) is 0 Å². The molecule has 0 unspecified atom stereocenters. The smallest absolute Gasteiger partial charge is 0.221 e. The van der Waals surface area contributed by atoms with Gasteiger partial charge in [-0.3, -0.25) is 9.59 Å². The molecule has 0 saturated carbocycles. The van der Waals surface area contributed by atoms with Crippen molar-refractivity contribution < 1.29 is 18.7 Å². The highest BCUT2D eigenvalue weighted by molar-refractivity contribution is 6.35. The van der Waals surface area contributed by atoms with Crippen molar-refractivity contribution in [1.29, 1.82) is 0 Å². The van der Waals surface area contributed by atoms with Crippen LogP contribution in [0.25, 0.3) is 10.8 Å². The van der Waals surface area contributed by atoms with Crippen LogP contribution in [0.15, 0.2) is 54.6 Å². The quantitative estimate of drug-likeness (QED) is 0.652. The second-order valence-electron chi connectivity index (χ2n) is 5.68. The minimum Gasteiger partial charge on any atom is -0.485 e. The molecule has 0 atom stereocenters. The van der Waals surface area contributed by atoms with Crippen LogP contribution in [-0.4, -0.2) is 18.3 Å². The number of hydrogen-bond acceptors (Lipinski definition) is 3. The van der Waals surface area contributed by atoms with Gasteiger partial charge in [0, 0.05) is 28.4 Å². The molecule has 0 radical (unpaired) electrons. The molecule has 0 spiro atoms. The maximum absolute atomic E-state index is 14.1. The molecule has 1 amide bonds. The summed E-state index contributed by atoms with van der Waals surface area (Å²) in [6.07, 6.45) is 0. The van der Waals surface area contributed by atoms with Gasteiger partial charge in [0.25, 0.3) is 0 Å².